The fourth-order valence-electron chi connectivity index (χ4n) is 7.76. The molecular weight excluding hydrogens is 1010 g/mol. The van der Waals surface area contributed by atoms with E-state index in [2.05, 4.69) is 31.9 Å². The molecule has 1 aliphatic heterocycles. The van der Waals surface area contributed by atoms with Crippen LogP contribution in [0.15, 0.2) is 55.1 Å². The number of hydrogen-bond donors (Lipinski definition) is 14. The second-order valence-electron chi connectivity index (χ2n) is 20.2. The molecule has 0 saturated carbocycles. The summed E-state index contributed by atoms with van der Waals surface area (Å²) < 4.78 is 31.7. The number of rotatable bonds is 24. The zero-order valence-corrected chi connectivity index (χ0v) is 44.2. The number of aliphatic hydroxyl groups is 2. The second-order valence-corrected chi connectivity index (χ2v) is 24.3. The predicted molar refractivity (Wildman–Crippen MR) is 269 cm³/mol. The predicted octanol–water partition coefficient (Wildman–Crippen LogP) is 1.16. The Morgan fingerprint density at radius 2 is 1.58 bits per heavy atom. The van der Waals surface area contributed by atoms with Crippen LogP contribution in [-0.2, 0) is 47.9 Å². The number of amides is 5. The van der Waals surface area contributed by atoms with E-state index >= 15 is 0 Å². The minimum Gasteiger partial charge on any atom is -0.478 e. The molecule has 5 amide bonds. The van der Waals surface area contributed by atoms with Gasteiger partial charge in [0.2, 0.25) is 24.0 Å². The third-order valence-electron chi connectivity index (χ3n) is 12.4. The van der Waals surface area contributed by atoms with Gasteiger partial charge >= 0.3 is 26.2 Å². The third kappa shape index (κ3) is 17.2. The van der Waals surface area contributed by atoms with Crippen LogP contribution in [0.1, 0.15) is 110 Å². The maximum atomic E-state index is 14.2. The van der Waals surface area contributed by atoms with E-state index in [0.29, 0.717) is 31.4 Å². The molecule has 0 aliphatic carbocycles. The lowest BCUT2D eigenvalue weighted by atomic mass is 9.89. The first-order valence-corrected chi connectivity index (χ1v) is 27.2. The Hall–Kier alpha value is -5.59. The SMILES string of the molecule is CCC(C)[C@@H]1NC(=O)c2cc(C(=O)NCC(C)(C)COCC(C)(C)CC(=O)NCC(O)Cn3cc[n+](CC(O)(P(=O)(O)O)P(=O)(O)O)c3)ccc2NCc2ccc(C(=O)O)cc2NC(=O)[C@H](CCCCN)NC1=O. The van der Waals surface area contributed by atoms with E-state index in [1.807, 2.05) is 20.8 Å². The zero-order valence-electron chi connectivity index (χ0n) is 42.4. The van der Waals surface area contributed by atoms with Gasteiger partial charge < -0.3 is 77.3 Å². The topological polar surface area (TPSA) is 394 Å². The van der Waals surface area contributed by atoms with Gasteiger partial charge in [-0.05, 0) is 73.0 Å². The van der Waals surface area contributed by atoms with E-state index in [1.165, 1.54) is 53.4 Å². The van der Waals surface area contributed by atoms with Crippen molar-refractivity contribution in [3.63, 3.8) is 0 Å². The maximum absolute atomic E-state index is 14.2. The number of nitrogens with two attached hydrogens (primary N) is 1. The number of hydrogen-bond acceptors (Lipinski definition) is 13. The van der Waals surface area contributed by atoms with E-state index in [9.17, 15) is 72.8 Å². The van der Waals surface area contributed by atoms with Gasteiger partial charge in [0.1, 0.15) is 43.7 Å². The standard InChI is InChI=1S/C47H71N9O16P2/c1-7-29(2)39-43(62)52-36(10-8-9-15-48)42(61)53-37-19-31(44(63)64)11-12-32(37)21-49-35-14-13-30(18-34(35)41(60)54-39)40(59)51-24-46(5,6)27-72-26-45(3,4)20-38(58)50-22-33(57)23-55-16-17-56(28-55)25-47(65,73(66,67)68)74(69,70)71/h11-14,16-19,28-29,33,36,39,57,65H,7-10,15,20-27,48H2,1-6H3,(H10-,49,50,51,52,53,54,58,59,60,61,62,63,64,66,67,68,69,70,71)/p+1/t29?,33?,36-,39-/m0/s1. The molecule has 3 aromatic rings. The summed E-state index contributed by atoms with van der Waals surface area (Å²) in [5, 5.41) is 44.0. The molecule has 2 aromatic carbocycles. The van der Waals surface area contributed by atoms with Crippen LogP contribution in [0.3, 0.4) is 0 Å². The average molecular weight is 1080 g/mol. The molecule has 1 aliphatic rings. The molecule has 0 spiro atoms. The van der Waals surface area contributed by atoms with E-state index in [-0.39, 0.29) is 86.2 Å². The number of aromatic carboxylic acids is 1. The molecule has 0 radical (unpaired) electrons. The summed E-state index contributed by atoms with van der Waals surface area (Å²) in [6.45, 7) is 10.3. The monoisotopic (exact) mass is 1080 g/mol. The summed E-state index contributed by atoms with van der Waals surface area (Å²) in [6, 6.07) is 6.55. The molecular formula is C47H72N9O16P2+. The van der Waals surface area contributed by atoms with E-state index in [4.69, 9.17) is 10.5 Å². The number of fused-ring (bicyclic) bond motifs is 2. The molecule has 410 valence electrons. The average Bonchev–Trinajstić information content (AvgIpc) is 3.75. The number of carbonyl (C=O) groups excluding carboxylic acids is 5. The second kappa shape index (κ2) is 25.8. The van der Waals surface area contributed by atoms with E-state index < -0.39 is 91.3 Å². The minimum atomic E-state index is -5.69. The number of benzene rings is 2. The fourth-order valence-corrected chi connectivity index (χ4v) is 9.82. The van der Waals surface area contributed by atoms with Gasteiger partial charge in [0.25, 0.3) is 11.8 Å². The van der Waals surface area contributed by atoms with Crippen molar-refractivity contribution in [1.82, 2.24) is 25.8 Å². The summed E-state index contributed by atoms with van der Waals surface area (Å²) in [5.74, 6) is -4.37. The highest BCUT2D eigenvalue weighted by Crippen LogP contribution is 2.67. The smallest absolute Gasteiger partial charge is 0.373 e. The number of nitrogens with zero attached hydrogens (tertiary/aromatic N) is 2. The van der Waals surface area contributed by atoms with Crippen molar-refractivity contribution in [2.75, 3.05) is 43.5 Å². The van der Waals surface area contributed by atoms with Crippen molar-refractivity contribution in [1.29, 1.82) is 0 Å². The van der Waals surface area contributed by atoms with Crippen LogP contribution < -0.4 is 42.2 Å². The van der Waals surface area contributed by atoms with Crippen LogP contribution in [0.2, 0.25) is 0 Å². The number of carboxylic acid groups (broad SMARTS) is 1. The van der Waals surface area contributed by atoms with Crippen LogP contribution >= 0.6 is 15.2 Å². The number of unbranched alkanes of at least 4 members (excludes halogenated alkanes) is 1. The molecule has 2 unspecified atom stereocenters. The first-order chi connectivity index (χ1) is 34.4. The number of aromatic nitrogens is 2. The highest BCUT2D eigenvalue weighted by Gasteiger charge is 2.61. The van der Waals surface area contributed by atoms with E-state index in [0.717, 1.165) is 10.9 Å². The van der Waals surface area contributed by atoms with Crippen molar-refractivity contribution in [3.05, 3.63) is 77.4 Å². The molecule has 4 atom stereocenters. The number of carboxylic acids is 1. The molecule has 25 nitrogen and oxygen atoms in total. The quantitative estimate of drug-likeness (QED) is 0.0340. The Bertz CT molecular complexity index is 2580. The van der Waals surface area contributed by atoms with Crippen molar-refractivity contribution in [2.24, 2.45) is 22.5 Å². The number of imidazole rings is 1. The van der Waals surface area contributed by atoms with Crippen molar-refractivity contribution >= 4 is 62.1 Å². The van der Waals surface area contributed by atoms with Gasteiger partial charge in [0, 0.05) is 48.4 Å². The van der Waals surface area contributed by atoms with Crippen LogP contribution in [0.5, 0.6) is 0 Å². The largest absolute Gasteiger partial charge is 0.478 e. The number of carbonyl (C=O) groups is 6. The van der Waals surface area contributed by atoms with Crippen LogP contribution in [0.4, 0.5) is 11.4 Å². The van der Waals surface area contributed by atoms with Crippen LogP contribution in [0.25, 0.3) is 0 Å². The summed E-state index contributed by atoms with van der Waals surface area (Å²) in [7, 11) is -11.4. The summed E-state index contributed by atoms with van der Waals surface area (Å²) >= 11 is 0. The van der Waals surface area contributed by atoms with Gasteiger partial charge in [-0.2, -0.15) is 0 Å². The van der Waals surface area contributed by atoms with Crippen molar-refractivity contribution in [2.45, 2.75) is 117 Å². The van der Waals surface area contributed by atoms with Gasteiger partial charge in [-0.1, -0.05) is 54.0 Å². The molecule has 15 N–H and O–H groups in total. The van der Waals surface area contributed by atoms with Gasteiger partial charge in [-0.25, -0.2) is 13.9 Å². The van der Waals surface area contributed by atoms with Gasteiger partial charge in [0.15, 0.2) is 0 Å². The lowest BCUT2D eigenvalue weighted by Crippen LogP contribution is -2.55. The highest BCUT2D eigenvalue weighted by molar-refractivity contribution is 7.72. The van der Waals surface area contributed by atoms with Crippen LogP contribution in [0, 0.1) is 16.7 Å². The first kappa shape index (κ1) is 61.0. The van der Waals surface area contributed by atoms with Crippen molar-refractivity contribution in [3.8, 4) is 0 Å². The molecule has 0 bridgehead atoms. The van der Waals surface area contributed by atoms with Crippen molar-refractivity contribution < 1.29 is 82.1 Å². The molecule has 0 fully saturated rings. The Labute approximate surface area is 428 Å². The number of nitrogens with one attached hydrogen (secondary N) is 6. The summed E-state index contributed by atoms with van der Waals surface area (Å²) in [6.07, 6.45) is 4.30. The van der Waals surface area contributed by atoms with Gasteiger partial charge in [-0.3, -0.25) is 33.1 Å². The van der Waals surface area contributed by atoms with E-state index in [1.54, 1.807) is 20.8 Å². The molecule has 2 heterocycles. The lowest BCUT2D eigenvalue weighted by molar-refractivity contribution is -0.703. The van der Waals surface area contributed by atoms with Crippen LogP contribution in [-0.4, -0.2) is 131 Å². The molecule has 74 heavy (non-hydrogen) atoms. The Balaban J connectivity index is 1.39. The Kier molecular flexibility index (Phi) is 21.2. The highest BCUT2D eigenvalue weighted by atomic mass is 31.2. The number of ether oxygens (including phenoxy) is 1. The molecule has 1 aromatic heterocycles. The Morgan fingerprint density at radius 1 is 0.919 bits per heavy atom. The first-order valence-electron chi connectivity index (χ1n) is 23.9. The number of anilines is 2. The fraction of sp³-hybridized carbons (Fsp3) is 0.553. The third-order valence-corrected chi connectivity index (χ3v) is 16.1. The minimum absolute atomic E-state index is 0.00222. The van der Waals surface area contributed by atoms with Gasteiger partial charge in [-0.15, -0.1) is 0 Å². The van der Waals surface area contributed by atoms with Gasteiger partial charge in [0.05, 0.1) is 24.3 Å². The summed E-state index contributed by atoms with van der Waals surface area (Å²) in [4.78, 5) is 118. The maximum Gasteiger partial charge on any atom is 0.373 e. The normalized spacial score (nSPS) is 17.0. The Morgan fingerprint density at radius 3 is 2.22 bits per heavy atom. The molecule has 27 heteroatoms. The zero-order chi connectivity index (χ0) is 55.4. The lowest BCUT2D eigenvalue weighted by Gasteiger charge is -2.29. The number of aliphatic hydroxyl groups excluding tert-OH is 1. The molecule has 0 saturated heterocycles. The summed E-state index contributed by atoms with van der Waals surface area (Å²) in [5.41, 5.74) is 5.43. The molecule has 4 rings (SSSR count).